The summed E-state index contributed by atoms with van der Waals surface area (Å²) in [6.07, 6.45) is 0.657. The summed E-state index contributed by atoms with van der Waals surface area (Å²) in [5, 5.41) is 13.7. The van der Waals surface area contributed by atoms with Gasteiger partial charge in [-0.15, -0.1) is 11.3 Å². The summed E-state index contributed by atoms with van der Waals surface area (Å²) < 4.78 is 0.945. The topological polar surface area (TPSA) is 33.1 Å². The van der Waals surface area contributed by atoms with Crippen LogP contribution in [0.1, 0.15) is 16.3 Å². The van der Waals surface area contributed by atoms with Crippen LogP contribution >= 0.6 is 38.9 Å². The number of nitrogens with zero attached hydrogens (tertiary/aromatic N) is 1. The van der Waals surface area contributed by atoms with Gasteiger partial charge >= 0.3 is 0 Å². The minimum Gasteiger partial charge on any atom is -0.392 e. The number of hydrogen-bond acceptors (Lipinski definition) is 3. The van der Waals surface area contributed by atoms with Crippen LogP contribution in [0.25, 0.3) is 0 Å². The Morgan fingerprint density at radius 3 is 2.83 bits per heavy atom. The van der Waals surface area contributed by atoms with E-state index < -0.39 is 6.10 Å². The highest BCUT2D eigenvalue weighted by Crippen LogP contribution is 2.23. The van der Waals surface area contributed by atoms with Crippen molar-refractivity contribution in [1.82, 2.24) is 4.98 Å². The van der Waals surface area contributed by atoms with E-state index in [9.17, 15) is 5.11 Å². The Hall–Kier alpha value is -0.420. The highest BCUT2D eigenvalue weighted by molar-refractivity contribution is 9.10. The number of halogens is 2. The molecule has 0 aliphatic heterocycles. The van der Waals surface area contributed by atoms with Crippen molar-refractivity contribution in [2.75, 3.05) is 0 Å². The minimum atomic E-state index is -0.454. The van der Waals surface area contributed by atoms with Crippen LogP contribution in [0.2, 0.25) is 5.02 Å². The lowest BCUT2D eigenvalue weighted by atomic mass is 10.0. The van der Waals surface area contributed by atoms with E-state index >= 15 is 0 Å². The summed E-state index contributed by atoms with van der Waals surface area (Å²) in [5.41, 5.74) is 1.90. The first-order valence-electron chi connectivity index (χ1n) is 5.57. The van der Waals surface area contributed by atoms with Crippen molar-refractivity contribution in [3.05, 3.63) is 49.3 Å². The average Bonchev–Trinajstić information content (AvgIpc) is 2.68. The van der Waals surface area contributed by atoms with Crippen LogP contribution in [-0.2, 0) is 12.8 Å². The fourth-order valence-corrected chi connectivity index (χ4v) is 3.13. The maximum absolute atomic E-state index is 10.1. The molecule has 0 saturated heterocycles. The second-order valence-electron chi connectivity index (χ2n) is 4.16. The number of aromatic nitrogens is 1. The van der Waals surface area contributed by atoms with Crippen LogP contribution < -0.4 is 0 Å². The van der Waals surface area contributed by atoms with Gasteiger partial charge in [0, 0.05) is 27.7 Å². The van der Waals surface area contributed by atoms with Gasteiger partial charge in [0.15, 0.2) is 0 Å². The zero-order chi connectivity index (χ0) is 13.1. The van der Waals surface area contributed by atoms with Gasteiger partial charge in [-0.25, -0.2) is 4.98 Å². The van der Waals surface area contributed by atoms with E-state index in [1.54, 1.807) is 11.3 Å². The average molecular weight is 347 g/mol. The van der Waals surface area contributed by atoms with Crippen molar-refractivity contribution in [1.29, 1.82) is 0 Å². The van der Waals surface area contributed by atoms with Gasteiger partial charge in [-0.05, 0) is 24.6 Å². The number of aliphatic hydroxyl groups excluding tert-OH is 1. The van der Waals surface area contributed by atoms with E-state index in [1.165, 1.54) is 0 Å². The molecule has 1 heterocycles. The Morgan fingerprint density at radius 2 is 2.22 bits per heavy atom. The molecule has 0 aliphatic carbocycles. The third-order valence-corrected chi connectivity index (χ3v) is 4.25. The molecule has 2 nitrogen and oxygen atoms in total. The van der Waals surface area contributed by atoms with Crippen molar-refractivity contribution in [2.24, 2.45) is 0 Å². The van der Waals surface area contributed by atoms with Crippen LogP contribution in [0.15, 0.2) is 28.1 Å². The summed E-state index contributed by atoms with van der Waals surface area (Å²) in [5.74, 6) is 0. The van der Waals surface area contributed by atoms with Gasteiger partial charge in [0.05, 0.1) is 16.8 Å². The SMILES string of the molecule is Cc1nc(CC(O)Cc2ccc(Br)cc2Cl)cs1. The molecule has 0 saturated carbocycles. The van der Waals surface area contributed by atoms with Crippen LogP contribution in [0, 0.1) is 6.92 Å². The highest BCUT2D eigenvalue weighted by atomic mass is 79.9. The van der Waals surface area contributed by atoms with Gasteiger partial charge < -0.3 is 5.11 Å². The molecule has 96 valence electrons. The maximum atomic E-state index is 10.1. The van der Waals surface area contributed by atoms with Crippen molar-refractivity contribution in [3.8, 4) is 0 Å². The van der Waals surface area contributed by atoms with Crippen molar-refractivity contribution < 1.29 is 5.11 Å². The Balaban J connectivity index is 2.00. The minimum absolute atomic E-state index is 0.454. The molecule has 0 aliphatic rings. The summed E-state index contributed by atoms with van der Waals surface area (Å²) in [6.45, 7) is 1.96. The molecule has 1 atom stereocenters. The standard InChI is InChI=1S/C13H13BrClNOS/c1-8-16-11(7-18-8)6-12(17)4-9-2-3-10(14)5-13(9)15/h2-3,5,7,12,17H,4,6H2,1H3. The van der Waals surface area contributed by atoms with Crippen LogP contribution in [0.4, 0.5) is 0 Å². The molecule has 1 N–H and O–H groups in total. The van der Waals surface area contributed by atoms with Gasteiger partial charge in [-0.3, -0.25) is 0 Å². The number of benzene rings is 1. The summed E-state index contributed by atoms with van der Waals surface area (Å²) in [6, 6.07) is 5.71. The summed E-state index contributed by atoms with van der Waals surface area (Å²) >= 11 is 11.1. The lowest BCUT2D eigenvalue weighted by Gasteiger charge is -2.10. The summed E-state index contributed by atoms with van der Waals surface area (Å²) in [4.78, 5) is 4.35. The smallest absolute Gasteiger partial charge is 0.0897 e. The van der Waals surface area contributed by atoms with Gasteiger partial charge in [0.1, 0.15) is 0 Å². The van der Waals surface area contributed by atoms with E-state index in [1.807, 2.05) is 30.5 Å². The molecule has 1 aromatic heterocycles. The zero-order valence-corrected chi connectivity index (χ0v) is 13.0. The molecule has 5 heteroatoms. The van der Waals surface area contributed by atoms with Crippen molar-refractivity contribution in [2.45, 2.75) is 25.9 Å². The van der Waals surface area contributed by atoms with Gasteiger partial charge in [-0.1, -0.05) is 33.6 Å². The maximum Gasteiger partial charge on any atom is 0.0897 e. The highest BCUT2D eigenvalue weighted by Gasteiger charge is 2.11. The van der Waals surface area contributed by atoms with E-state index in [-0.39, 0.29) is 0 Å². The number of thiazole rings is 1. The van der Waals surface area contributed by atoms with E-state index in [4.69, 9.17) is 11.6 Å². The first kappa shape index (κ1) is 14.0. The van der Waals surface area contributed by atoms with Crippen LogP contribution in [0.5, 0.6) is 0 Å². The number of hydrogen-bond donors (Lipinski definition) is 1. The molecule has 2 aromatic rings. The first-order valence-corrected chi connectivity index (χ1v) is 7.62. The Bertz CT molecular complexity index is 544. The fourth-order valence-electron chi connectivity index (χ4n) is 1.76. The fraction of sp³-hybridized carbons (Fsp3) is 0.308. The normalized spacial score (nSPS) is 12.7. The van der Waals surface area contributed by atoms with Gasteiger partial charge in [0.25, 0.3) is 0 Å². The first-order chi connectivity index (χ1) is 8.54. The third kappa shape index (κ3) is 3.79. The lowest BCUT2D eigenvalue weighted by molar-refractivity contribution is 0.174. The molecule has 0 radical (unpaired) electrons. The molecule has 0 spiro atoms. The molecule has 0 fully saturated rings. The quantitative estimate of drug-likeness (QED) is 0.907. The van der Waals surface area contributed by atoms with E-state index in [2.05, 4.69) is 20.9 Å². The predicted molar refractivity (Wildman–Crippen MR) is 79.4 cm³/mol. The van der Waals surface area contributed by atoms with Crippen molar-refractivity contribution >= 4 is 38.9 Å². The van der Waals surface area contributed by atoms with Crippen LogP contribution in [-0.4, -0.2) is 16.2 Å². The molecule has 0 amide bonds. The molecular formula is C13H13BrClNOS. The van der Waals surface area contributed by atoms with Crippen molar-refractivity contribution in [3.63, 3.8) is 0 Å². The van der Waals surface area contributed by atoms with Crippen LogP contribution in [0.3, 0.4) is 0 Å². The second-order valence-corrected chi connectivity index (χ2v) is 6.54. The lowest BCUT2D eigenvalue weighted by Crippen LogP contribution is -2.14. The van der Waals surface area contributed by atoms with Gasteiger partial charge in [-0.2, -0.15) is 0 Å². The predicted octanol–water partition coefficient (Wildman–Crippen LogP) is 4.01. The summed E-state index contributed by atoms with van der Waals surface area (Å²) in [7, 11) is 0. The number of aliphatic hydroxyl groups is 1. The third-order valence-electron chi connectivity index (χ3n) is 2.58. The number of aryl methyl sites for hydroxylation is 1. The molecule has 1 unspecified atom stereocenters. The molecule has 2 rings (SSSR count). The second kappa shape index (κ2) is 6.15. The largest absolute Gasteiger partial charge is 0.392 e. The van der Waals surface area contributed by atoms with Gasteiger partial charge in [0.2, 0.25) is 0 Å². The molecule has 1 aromatic carbocycles. The Kier molecular flexibility index (Phi) is 4.78. The Labute approximate surface area is 124 Å². The molecule has 0 bridgehead atoms. The Morgan fingerprint density at radius 1 is 1.44 bits per heavy atom. The monoisotopic (exact) mass is 345 g/mol. The molecule has 18 heavy (non-hydrogen) atoms. The zero-order valence-electron chi connectivity index (χ0n) is 9.86. The van der Waals surface area contributed by atoms with E-state index in [0.29, 0.717) is 17.9 Å². The van der Waals surface area contributed by atoms with E-state index in [0.717, 1.165) is 20.7 Å². The molecular weight excluding hydrogens is 334 g/mol. The number of rotatable bonds is 4.